The zero-order valence-corrected chi connectivity index (χ0v) is 24.4. The van der Waals surface area contributed by atoms with Crippen molar-refractivity contribution < 1.29 is 29.0 Å². The van der Waals surface area contributed by atoms with Crippen LogP contribution in [0.5, 0.6) is 5.75 Å². The Hall–Kier alpha value is -3.98. The number of hydrogen-bond donors (Lipinski definition) is 1. The van der Waals surface area contributed by atoms with Crippen LogP contribution in [0.2, 0.25) is 0 Å². The number of anilines is 1. The van der Waals surface area contributed by atoms with Crippen molar-refractivity contribution in [1.82, 2.24) is 4.98 Å². The Morgan fingerprint density at radius 1 is 1.05 bits per heavy atom. The van der Waals surface area contributed by atoms with Gasteiger partial charge in [-0.2, -0.15) is 0 Å². The summed E-state index contributed by atoms with van der Waals surface area (Å²) in [5.41, 5.74) is 2.31. The molecule has 8 nitrogen and oxygen atoms in total. The third-order valence-electron chi connectivity index (χ3n) is 6.59. The minimum absolute atomic E-state index is 0.0544. The van der Waals surface area contributed by atoms with Gasteiger partial charge in [-0.3, -0.25) is 14.5 Å². The number of benzene rings is 2. The summed E-state index contributed by atoms with van der Waals surface area (Å²) in [5.74, 6) is -1.88. The van der Waals surface area contributed by atoms with Crippen molar-refractivity contribution >= 4 is 39.9 Å². The lowest BCUT2D eigenvalue weighted by Crippen LogP contribution is -2.29. The number of aryl methyl sites for hydroxylation is 1. The van der Waals surface area contributed by atoms with Crippen molar-refractivity contribution in [1.29, 1.82) is 0 Å². The van der Waals surface area contributed by atoms with E-state index in [0.29, 0.717) is 29.2 Å². The number of hydrogen-bond acceptors (Lipinski definition) is 8. The molecule has 1 aliphatic heterocycles. The molecule has 2 aromatic carbocycles. The van der Waals surface area contributed by atoms with Gasteiger partial charge in [-0.05, 0) is 61.1 Å². The number of carbonyl (C=O) groups excluding carboxylic acids is 3. The molecule has 0 radical (unpaired) electrons. The molecule has 1 aliphatic rings. The van der Waals surface area contributed by atoms with Crippen LogP contribution in [0.15, 0.2) is 54.1 Å². The van der Waals surface area contributed by atoms with E-state index in [-0.39, 0.29) is 33.4 Å². The maximum Gasteiger partial charge on any atom is 0.350 e. The van der Waals surface area contributed by atoms with Crippen molar-refractivity contribution in [2.24, 2.45) is 0 Å². The van der Waals surface area contributed by atoms with Gasteiger partial charge in [-0.1, -0.05) is 63.3 Å². The minimum atomic E-state index is -0.953. The minimum Gasteiger partial charge on any atom is -0.507 e. The van der Waals surface area contributed by atoms with E-state index in [2.05, 4.69) is 25.8 Å². The van der Waals surface area contributed by atoms with Crippen molar-refractivity contribution in [2.75, 3.05) is 18.1 Å². The molecule has 1 unspecified atom stereocenters. The Labute approximate surface area is 238 Å². The zero-order valence-electron chi connectivity index (χ0n) is 23.6. The molecule has 0 bridgehead atoms. The van der Waals surface area contributed by atoms with Crippen molar-refractivity contribution in [3.05, 3.63) is 81.4 Å². The van der Waals surface area contributed by atoms with Crippen molar-refractivity contribution in [3.63, 3.8) is 0 Å². The average Bonchev–Trinajstić information content (AvgIpc) is 3.43. The van der Waals surface area contributed by atoms with Crippen LogP contribution in [0.3, 0.4) is 0 Å². The topological polar surface area (TPSA) is 106 Å². The number of nitrogens with zero attached hydrogens (tertiary/aromatic N) is 2. The fraction of sp³-hybridized carbons (Fsp3) is 0.355. The fourth-order valence-electron chi connectivity index (χ4n) is 4.47. The number of esters is 1. The largest absolute Gasteiger partial charge is 0.507 e. The van der Waals surface area contributed by atoms with Crippen LogP contribution in [-0.2, 0) is 19.7 Å². The molecule has 3 aromatic rings. The van der Waals surface area contributed by atoms with Gasteiger partial charge in [0.15, 0.2) is 5.13 Å². The SMILES string of the molecule is CCCOc1ccc(/C(O)=C2\C(=O)C(=O)N(c3nc(C)c(C(=O)OCC)s3)C2c2ccc(C(C)(C)C)cc2)cc1. The van der Waals surface area contributed by atoms with E-state index in [0.717, 1.165) is 23.3 Å². The van der Waals surface area contributed by atoms with Crippen LogP contribution in [0, 0.1) is 6.92 Å². The summed E-state index contributed by atoms with van der Waals surface area (Å²) in [6.07, 6.45) is 0.854. The lowest BCUT2D eigenvalue weighted by Gasteiger charge is -2.24. The Morgan fingerprint density at radius 2 is 1.70 bits per heavy atom. The van der Waals surface area contributed by atoms with Gasteiger partial charge >= 0.3 is 11.9 Å². The molecule has 1 fully saturated rings. The first kappa shape index (κ1) is 29.0. The first-order valence-electron chi connectivity index (χ1n) is 13.3. The maximum absolute atomic E-state index is 13.5. The summed E-state index contributed by atoms with van der Waals surface area (Å²) in [5, 5.41) is 11.6. The van der Waals surface area contributed by atoms with Gasteiger partial charge in [0.1, 0.15) is 16.4 Å². The van der Waals surface area contributed by atoms with Gasteiger partial charge in [-0.25, -0.2) is 9.78 Å². The third kappa shape index (κ3) is 5.65. The number of Topliss-reactive ketones (excluding diaryl/α,β-unsaturated/α-hetero) is 1. The van der Waals surface area contributed by atoms with Crippen LogP contribution < -0.4 is 9.64 Å². The predicted octanol–water partition coefficient (Wildman–Crippen LogP) is 6.34. The molecule has 0 spiro atoms. The van der Waals surface area contributed by atoms with Crippen LogP contribution in [0.1, 0.15) is 79.1 Å². The van der Waals surface area contributed by atoms with E-state index in [1.807, 2.05) is 31.2 Å². The van der Waals surface area contributed by atoms with Crippen LogP contribution in [0.4, 0.5) is 5.13 Å². The number of thiazole rings is 1. The van der Waals surface area contributed by atoms with E-state index >= 15 is 0 Å². The van der Waals surface area contributed by atoms with Gasteiger partial charge < -0.3 is 14.6 Å². The van der Waals surface area contributed by atoms with Gasteiger partial charge in [0.05, 0.1) is 30.5 Å². The standard InChI is InChI=1S/C31H34N2O6S/c1-7-17-39-22-15-11-20(12-16-22)25(34)23-24(19-9-13-21(14-10-19)31(4,5)6)33(28(36)26(23)35)30-32-18(3)27(40-30)29(37)38-8-2/h9-16,24,34H,7-8,17H2,1-6H3/b25-23+. The first-order valence-corrected chi connectivity index (χ1v) is 14.1. The molecule has 1 saturated heterocycles. The monoisotopic (exact) mass is 562 g/mol. The second-order valence-corrected chi connectivity index (χ2v) is 11.5. The number of ketones is 1. The first-order chi connectivity index (χ1) is 19.0. The highest BCUT2D eigenvalue weighted by Gasteiger charge is 2.48. The maximum atomic E-state index is 13.5. The van der Waals surface area contributed by atoms with E-state index in [1.165, 1.54) is 4.90 Å². The van der Waals surface area contributed by atoms with Gasteiger partial charge in [0.2, 0.25) is 0 Å². The molecule has 0 saturated carbocycles. The molecule has 0 aliphatic carbocycles. The highest BCUT2D eigenvalue weighted by atomic mass is 32.1. The van der Waals surface area contributed by atoms with E-state index in [4.69, 9.17) is 9.47 Å². The van der Waals surface area contributed by atoms with E-state index in [1.54, 1.807) is 38.1 Å². The Bertz CT molecular complexity index is 1450. The van der Waals surface area contributed by atoms with Crippen LogP contribution >= 0.6 is 11.3 Å². The Balaban J connectivity index is 1.86. The predicted molar refractivity (Wildman–Crippen MR) is 155 cm³/mol. The molecular weight excluding hydrogens is 528 g/mol. The van der Waals surface area contributed by atoms with Gasteiger partial charge in [0.25, 0.3) is 5.78 Å². The lowest BCUT2D eigenvalue weighted by molar-refractivity contribution is -0.132. The Kier molecular flexibility index (Phi) is 8.44. The zero-order chi connectivity index (χ0) is 29.2. The second-order valence-electron chi connectivity index (χ2n) is 10.5. The molecule has 1 aromatic heterocycles. The number of aliphatic hydroxyl groups is 1. The third-order valence-corrected chi connectivity index (χ3v) is 7.73. The number of carbonyl (C=O) groups is 3. The normalized spacial score (nSPS) is 16.9. The summed E-state index contributed by atoms with van der Waals surface area (Å²) in [6, 6.07) is 13.4. The summed E-state index contributed by atoms with van der Waals surface area (Å²) < 4.78 is 10.8. The highest BCUT2D eigenvalue weighted by Crippen LogP contribution is 2.44. The summed E-state index contributed by atoms with van der Waals surface area (Å²) >= 11 is 0.982. The highest BCUT2D eigenvalue weighted by molar-refractivity contribution is 7.17. The lowest BCUT2D eigenvalue weighted by atomic mass is 9.85. The number of amides is 1. The van der Waals surface area contributed by atoms with Gasteiger partial charge in [-0.15, -0.1) is 0 Å². The summed E-state index contributed by atoms with van der Waals surface area (Å²) in [7, 11) is 0. The quantitative estimate of drug-likeness (QED) is 0.148. The Morgan fingerprint density at radius 3 is 2.27 bits per heavy atom. The molecule has 40 heavy (non-hydrogen) atoms. The van der Waals surface area contributed by atoms with Gasteiger partial charge in [0, 0.05) is 5.56 Å². The van der Waals surface area contributed by atoms with Crippen molar-refractivity contribution in [2.45, 2.75) is 59.4 Å². The second kappa shape index (κ2) is 11.6. The average molecular weight is 563 g/mol. The number of rotatable bonds is 8. The molecular formula is C31H34N2O6S. The van der Waals surface area contributed by atoms with Crippen LogP contribution in [0.25, 0.3) is 5.76 Å². The molecule has 210 valence electrons. The molecule has 9 heteroatoms. The molecule has 1 amide bonds. The summed E-state index contributed by atoms with van der Waals surface area (Å²) in [4.78, 5) is 45.5. The molecule has 4 rings (SSSR count). The summed E-state index contributed by atoms with van der Waals surface area (Å²) in [6.45, 7) is 12.4. The fourth-order valence-corrected chi connectivity index (χ4v) is 5.45. The molecule has 2 heterocycles. The number of ether oxygens (including phenoxy) is 2. The van der Waals surface area contributed by atoms with Crippen LogP contribution in [-0.4, -0.2) is 41.0 Å². The number of aliphatic hydroxyl groups excluding tert-OH is 1. The smallest absolute Gasteiger partial charge is 0.350 e. The van der Waals surface area contributed by atoms with Crippen molar-refractivity contribution in [3.8, 4) is 5.75 Å². The van der Waals surface area contributed by atoms with E-state index in [9.17, 15) is 19.5 Å². The molecule has 1 atom stereocenters. The number of aromatic nitrogens is 1. The molecule has 1 N–H and O–H groups in total. The van der Waals surface area contributed by atoms with E-state index < -0.39 is 23.7 Å².